The number of primary amides is 1. The van der Waals surface area contributed by atoms with Crippen LogP contribution in [0, 0.1) is 5.92 Å². The number of hydrogen-bond acceptors (Lipinski definition) is 5. The molecule has 0 saturated heterocycles. The van der Waals surface area contributed by atoms with E-state index in [1.54, 1.807) is 7.11 Å². The standard InChI is InChI=1S/C16H25N3O3.C2HF3O2/c1-10(2)8-14(15(18)20)19-16(21)13(17)9-11-4-6-12(22-3)7-5-11;3-2(4,5)1(6)7/h4-7,10,13-14H,8-9,17H2,1-3H3,(H2,18,20)(H,19,21);(H,6,7)/t13-,14+;/m1./s1. The molecule has 0 saturated carbocycles. The largest absolute Gasteiger partial charge is 0.542 e. The fourth-order valence-electron chi connectivity index (χ4n) is 2.15. The summed E-state index contributed by atoms with van der Waals surface area (Å²) in [5.74, 6) is -2.76. The number of carboxylic acids is 1. The first-order valence-electron chi connectivity index (χ1n) is 8.61. The van der Waals surface area contributed by atoms with Gasteiger partial charge in [0.2, 0.25) is 5.91 Å². The highest BCUT2D eigenvalue weighted by Gasteiger charge is 2.29. The van der Waals surface area contributed by atoms with Crippen LogP contribution in [0.4, 0.5) is 13.2 Å². The number of carbonyl (C=O) groups excluding carboxylic acids is 3. The first kappa shape index (κ1) is 26.2. The third-order valence-corrected chi connectivity index (χ3v) is 3.61. The summed E-state index contributed by atoms with van der Waals surface area (Å²) in [5, 5.41) is 11.5. The maximum Gasteiger partial charge on any atom is 0.430 e. The van der Waals surface area contributed by atoms with Gasteiger partial charge in [0, 0.05) is 6.42 Å². The molecule has 2 atom stereocenters. The minimum absolute atomic E-state index is 0.264. The summed E-state index contributed by atoms with van der Waals surface area (Å²) in [7, 11) is 1.60. The number of halogens is 3. The van der Waals surface area contributed by atoms with Crippen molar-refractivity contribution in [2.75, 3.05) is 7.11 Å². The molecule has 0 aliphatic rings. The normalized spacial score (nSPS) is 13.0. The van der Waals surface area contributed by atoms with E-state index in [0.717, 1.165) is 11.3 Å². The first-order chi connectivity index (χ1) is 13.3. The molecule has 0 radical (unpaired) electrons. The zero-order valence-electron chi connectivity index (χ0n) is 16.4. The smallest absolute Gasteiger partial charge is 0.430 e. The number of nitrogens with one attached hydrogen (secondary N) is 1. The van der Waals surface area contributed by atoms with Gasteiger partial charge in [-0.1, -0.05) is 26.0 Å². The van der Waals surface area contributed by atoms with Gasteiger partial charge in [-0.15, -0.1) is 0 Å². The molecule has 11 heteroatoms. The molecule has 29 heavy (non-hydrogen) atoms. The molecule has 0 aromatic heterocycles. The summed E-state index contributed by atoms with van der Waals surface area (Å²) in [6.45, 7) is 3.95. The number of amides is 2. The quantitative estimate of drug-likeness (QED) is 0.500. The van der Waals surface area contributed by atoms with Crippen LogP contribution in [0.2, 0.25) is 0 Å². The van der Waals surface area contributed by atoms with Crippen LogP contribution >= 0.6 is 0 Å². The highest BCUT2D eigenvalue weighted by molar-refractivity contribution is 5.88. The van der Waals surface area contributed by atoms with Crippen molar-refractivity contribution in [3.05, 3.63) is 29.8 Å². The first-order valence-corrected chi connectivity index (χ1v) is 8.61. The van der Waals surface area contributed by atoms with Gasteiger partial charge in [-0.25, -0.2) is 0 Å². The minimum atomic E-state index is -5.19. The Bertz CT molecular complexity index is 678. The molecule has 164 valence electrons. The van der Waals surface area contributed by atoms with E-state index in [9.17, 15) is 22.8 Å². The summed E-state index contributed by atoms with van der Waals surface area (Å²) in [6.07, 6.45) is -4.18. The Hall–Kier alpha value is -2.82. The molecule has 2 amide bonds. The fraction of sp³-hybridized carbons (Fsp3) is 0.500. The number of hydrogen-bond donors (Lipinski definition) is 3. The summed E-state index contributed by atoms with van der Waals surface area (Å²) in [6, 6.07) is 6.33. The van der Waals surface area contributed by atoms with Gasteiger partial charge in [0.15, 0.2) is 6.04 Å². The Morgan fingerprint density at radius 3 is 2.03 bits per heavy atom. The number of alkyl halides is 3. The number of aliphatic carboxylic acids is 1. The molecule has 0 spiro atoms. The lowest BCUT2D eigenvalue weighted by Gasteiger charge is -2.18. The molecule has 0 aliphatic heterocycles. The van der Waals surface area contributed by atoms with Gasteiger partial charge in [0.05, 0.1) is 7.11 Å². The summed E-state index contributed by atoms with van der Waals surface area (Å²) in [4.78, 5) is 32.3. The Labute approximate surface area is 166 Å². The van der Waals surface area contributed by atoms with Crippen LogP contribution in [0.25, 0.3) is 0 Å². The van der Waals surface area contributed by atoms with Crippen LogP contribution in [0.3, 0.4) is 0 Å². The van der Waals surface area contributed by atoms with Crippen molar-refractivity contribution in [3.63, 3.8) is 0 Å². The maximum atomic E-state index is 12.2. The number of quaternary nitrogens is 1. The molecule has 1 aromatic rings. The average Bonchev–Trinajstić information content (AvgIpc) is 2.60. The Kier molecular flexibility index (Phi) is 10.7. The van der Waals surface area contributed by atoms with E-state index in [1.807, 2.05) is 38.1 Å². The van der Waals surface area contributed by atoms with Crippen molar-refractivity contribution in [2.24, 2.45) is 11.7 Å². The van der Waals surface area contributed by atoms with E-state index in [-0.39, 0.29) is 11.8 Å². The van der Waals surface area contributed by atoms with Gasteiger partial charge in [-0.2, -0.15) is 13.2 Å². The van der Waals surface area contributed by atoms with Gasteiger partial charge in [-0.05, 0) is 30.0 Å². The van der Waals surface area contributed by atoms with Gasteiger partial charge in [0.1, 0.15) is 17.8 Å². The number of methoxy groups -OCH3 is 1. The van der Waals surface area contributed by atoms with Crippen LogP contribution in [-0.2, 0) is 20.8 Å². The lowest BCUT2D eigenvalue weighted by molar-refractivity contribution is -0.403. The second-order valence-corrected chi connectivity index (χ2v) is 6.63. The minimum Gasteiger partial charge on any atom is -0.542 e. The van der Waals surface area contributed by atoms with Crippen molar-refractivity contribution in [2.45, 2.75) is 44.9 Å². The molecule has 8 nitrogen and oxygen atoms in total. The zero-order valence-corrected chi connectivity index (χ0v) is 16.4. The number of ether oxygens (including phenoxy) is 1. The number of rotatable bonds is 8. The van der Waals surface area contributed by atoms with Gasteiger partial charge in [-0.3, -0.25) is 9.59 Å². The topological polar surface area (TPSA) is 149 Å². The molecule has 1 aromatic carbocycles. The molecule has 0 unspecified atom stereocenters. The van der Waals surface area contributed by atoms with Gasteiger partial charge < -0.3 is 31.4 Å². The summed E-state index contributed by atoms with van der Waals surface area (Å²) < 4.78 is 36.6. The van der Waals surface area contributed by atoms with Crippen LogP contribution in [0.1, 0.15) is 25.8 Å². The molecule has 0 bridgehead atoms. The third kappa shape index (κ3) is 10.9. The molecular formula is C18H26F3N3O5. The van der Waals surface area contributed by atoms with E-state index < -0.39 is 30.1 Å². The third-order valence-electron chi connectivity index (χ3n) is 3.61. The lowest BCUT2D eigenvalue weighted by atomic mass is 10.0. The Balaban J connectivity index is 0.000000956. The van der Waals surface area contributed by atoms with Crippen LogP contribution in [0.5, 0.6) is 5.75 Å². The summed E-state index contributed by atoms with van der Waals surface area (Å²) >= 11 is 0. The van der Waals surface area contributed by atoms with Gasteiger partial charge in [0.25, 0.3) is 5.91 Å². The van der Waals surface area contributed by atoms with Crippen LogP contribution in [-0.4, -0.2) is 43.2 Å². The molecular weight excluding hydrogens is 395 g/mol. The molecule has 0 fully saturated rings. The average molecular weight is 421 g/mol. The van der Waals surface area contributed by atoms with Crippen molar-refractivity contribution in [3.8, 4) is 5.75 Å². The van der Waals surface area contributed by atoms with E-state index in [4.69, 9.17) is 20.4 Å². The van der Waals surface area contributed by atoms with Crippen molar-refractivity contribution in [1.82, 2.24) is 5.32 Å². The predicted molar refractivity (Wildman–Crippen MR) is 95.0 cm³/mol. The fourth-order valence-corrected chi connectivity index (χ4v) is 2.15. The number of benzene rings is 1. The van der Waals surface area contributed by atoms with Gasteiger partial charge >= 0.3 is 6.18 Å². The number of carboxylic acid groups (broad SMARTS) is 1. The SMILES string of the molecule is COc1ccc(C[C@@H]([NH3+])C(=O)N[C@@H](CC(C)C)C(N)=O)cc1.O=C([O-])C(F)(F)F. The zero-order chi connectivity index (χ0) is 22.8. The monoisotopic (exact) mass is 421 g/mol. The van der Waals surface area contributed by atoms with E-state index in [2.05, 4.69) is 11.1 Å². The Morgan fingerprint density at radius 1 is 1.21 bits per heavy atom. The summed E-state index contributed by atoms with van der Waals surface area (Å²) in [5.41, 5.74) is 10.2. The predicted octanol–water partition coefficient (Wildman–Crippen LogP) is -0.837. The van der Waals surface area contributed by atoms with Crippen LogP contribution < -0.4 is 26.6 Å². The highest BCUT2D eigenvalue weighted by Crippen LogP contribution is 2.13. The van der Waals surface area contributed by atoms with E-state index in [0.29, 0.717) is 12.8 Å². The van der Waals surface area contributed by atoms with Crippen molar-refractivity contribution < 1.29 is 43.1 Å². The van der Waals surface area contributed by atoms with Crippen molar-refractivity contribution >= 4 is 17.8 Å². The molecule has 0 aliphatic carbocycles. The van der Waals surface area contributed by atoms with E-state index >= 15 is 0 Å². The Morgan fingerprint density at radius 2 is 1.69 bits per heavy atom. The lowest BCUT2D eigenvalue weighted by Crippen LogP contribution is -2.69. The molecule has 6 N–H and O–H groups in total. The molecule has 1 rings (SSSR count). The van der Waals surface area contributed by atoms with E-state index in [1.165, 1.54) is 0 Å². The second-order valence-electron chi connectivity index (χ2n) is 6.63. The van der Waals surface area contributed by atoms with Crippen molar-refractivity contribution in [1.29, 1.82) is 0 Å². The highest BCUT2D eigenvalue weighted by atomic mass is 19.4. The molecule has 0 heterocycles. The maximum absolute atomic E-state index is 12.2. The number of carbonyl (C=O) groups is 3. The van der Waals surface area contributed by atoms with Crippen LogP contribution in [0.15, 0.2) is 24.3 Å². The number of nitrogens with two attached hydrogens (primary N) is 1. The second kappa shape index (κ2) is 11.9.